The molecule has 1 rings (SSSR count). The van der Waals surface area contributed by atoms with Crippen molar-refractivity contribution in [1.82, 2.24) is 0 Å². The Balaban J connectivity index is 2.73. The van der Waals surface area contributed by atoms with Crippen LogP contribution in [0.3, 0.4) is 0 Å². The van der Waals surface area contributed by atoms with Gasteiger partial charge in [-0.25, -0.2) is 4.79 Å². The molecule has 0 aliphatic rings. The second kappa shape index (κ2) is 5.19. The molecule has 3 heteroatoms. The number of aliphatic hydroxyl groups is 1. The van der Waals surface area contributed by atoms with Crippen LogP contribution in [0.25, 0.3) is 0 Å². The quantitative estimate of drug-likeness (QED) is 0.581. The fourth-order valence-corrected chi connectivity index (χ4v) is 1.01. The molecule has 0 saturated heterocycles. The van der Waals surface area contributed by atoms with Gasteiger partial charge in [0.05, 0.1) is 12.2 Å². The summed E-state index contributed by atoms with van der Waals surface area (Å²) in [6, 6.07) is 6.69. The molecular formula is C11H12O3. The normalized spacial score (nSPS) is 9.50. The van der Waals surface area contributed by atoms with Crippen LogP contribution in [-0.2, 0) is 11.3 Å². The van der Waals surface area contributed by atoms with E-state index in [2.05, 4.69) is 6.58 Å². The molecule has 1 aromatic carbocycles. The highest BCUT2D eigenvalue weighted by Crippen LogP contribution is 2.06. The van der Waals surface area contributed by atoms with E-state index in [4.69, 9.17) is 9.84 Å². The lowest BCUT2D eigenvalue weighted by Gasteiger charge is -2.02. The number of hydrogen-bond donors (Lipinski definition) is 1. The Morgan fingerprint density at radius 3 is 3.00 bits per heavy atom. The summed E-state index contributed by atoms with van der Waals surface area (Å²) in [5.41, 5.74) is 1.14. The molecule has 0 saturated carbocycles. The maximum atomic E-state index is 11.3. The topological polar surface area (TPSA) is 46.5 Å². The smallest absolute Gasteiger partial charge is 0.338 e. The first-order valence-electron chi connectivity index (χ1n) is 4.25. The number of carbonyl (C=O) groups excluding carboxylic acids is 1. The fourth-order valence-electron chi connectivity index (χ4n) is 1.01. The molecule has 0 amide bonds. The Bertz CT molecular complexity index is 331. The van der Waals surface area contributed by atoms with Crippen LogP contribution < -0.4 is 0 Å². The Morgan fingerprint density at radius 1 is 1.57 bits per heavy atom. The van der Waals surface area contributed by atoms with Crippen molar-refractivity contribution in [3.8, 4) is 0 Å². The summed E-state index contributed by atoms with van der Waals surface area (Å²) in [5, 5.41) is 8.85. The maximum absolute atomic E-state index is 11.3. The zero-order valence-corrected chi connectivity index (χ0v) is 7.77. The van der Waals surface area contributed by atoms with Crippen LogP contribution in [0.15, 0.2) is 36.9 Å². The molecular weight excluding hydrogens is 180 g/mol. The average Bonchev–Trinajstić information content (AvgIpc) is 2.26. The van der Waals surface area contributed by atoms with E-state index in [1.807, 2.05) is 0 Å². The van der Waals surface area contributed by atoms with Gasteiger partial charge in [-0.15, -0.1) is 0 Å². The van der Waals surface area contributed by atoms with Crippen LogP contribution in [0.1, 0.15) is 15.9 Å². The van der Waals surface area contributed by atoms with E-state index in [0.29, 0.717) is 11.1 Å². The Hall–Kier alpha value is -1.61. The predicted octanol–water partition coefficient (Wildman–Crippen LogP) is 1.52. The standard InChI is InChI=1S/C11H12O3/c1-2-6-14-11(13)10-5-3-4-9(7-10)8-12/h2-5,7,12H,1,6,8H2. The number of hydrogen-bond acceptors (Lipinski definition) is 3. The lowest BCUT2D eigenvalue weighted by atomic mass is 10.1. The van der Waals surface area contributed by atoms with Gasteiger partial charge in [-0.1, -0.05) is 24.8 Å². The minimum atomic E-state index is -0.403. The highest BCUT2D eigenvalue weighted by atomic mass is 16.5. The number of rotatable bonds is 4. The van der Waals surface area contributed by atoms with Crippen LogP contribution in [0.2, 0.25) is 0 Å². The summed E-state index contributed by atoms with van der Waals surface area (Å²) >= 11 is 0. The van der Waals surface area contributed by atoms with Gasteiger partial charge in [0, 0.05) is 0 Å². The summed E-state index contributed by atoms with van der Waals surface area (Å²) in [5.74, 6) is -0.403. The highest BCUT2D eigenvalue weighted by Gasteiger charge is 2.05. The molecule has 0 radical (unpaired) electrons. The molecule has 0 aliphatic carbocycles. The van der Waals surface area contributed by atoms with E-state index in [1.165, 1.54) is 6.08 Å². The molecule has 0 atom stereocenters. The summed E-state index contributed by atoms with van der Waals surface area (Å²) in [7, 11) is 0. The lowest BCUT2D eigenvalue weighted by molar-refractivity contribution is 0.0549. The van der Waals surface area contributed by atoms with Gasteiger partial charge in [-0.3, -0.25) is 0 Å². The van der Waals surface area contributed by atoms with Gasteiger partial charge in [0.25, 0.3) is 0 Å². The van der Waals surface area contributed by atoms with Crippen molar-refractivity contribution < 1.29 is 14.6 Å². The Labute approximate surface area is 82.6 Å². The summed E-state index contributed by atoms with van der Waals surface area (Å²) in [4.78, 5) is 11.3. The van der Waals surface area contributed by atoms with Gasteiger partial charge in [-0.05, 0) is 17.7 Å². The molecule has 1 aromatic rings. The van der Waals surface area contributed by atoms with Gasteiger partial charge >= 0.3 is 5.97 Å². The SMILES string of the molecule is C=CCOC(=O)c1cccc(CO)c1. The zero-order chi connectivity index (χ0) is 10.4. The van der Waals surface area contributed by atoms with E-state index in [-0.39, 0.29) is 13.2 Å². The van der Waals surface area contributed by atoms with Crippen molar-refractivity contribution >= 4 is 5.97 Å². The van der Waals surface area contributed by atoms with E-state index < -0.39 is 5.97 Å². The average molecular weight is 192 g/mol. The van der Waals surface area contributed by atoms with Gasteiger partial charge in [-0.2, -0.15) is 0 Å². The third-order valence-corrected chi connectivity index (χ3v) is 1.68. The molecule has 0 heterocycles. The first-order valence-corrected chi connectivity index (χ1v) is 4.25. The third kappa shape index (κ3) is 2.71. The number of carbonyl (C=O) groups is 1. The highest BCUT2D eigenvalue weighted by molar-refractivity contribution is 5.89. The van der Waals surface area contributed by atoms with E-state index >= 15 is 0 Å². The van der Waals surface area contributed by atoms with E-state index in [0.717, 1.165) is 0 Å². The van der Waals surface area contributed by atoms with Crippen molar-refractivity contribution in [2.24, 2.45) is 0 Å². The molecule has 0 aromatic heterocycles. The van der Waals surface area contributed by atoms with Crippen molar-refractivity contribution in [2.45, 2.75) is 6.61 Å². The second-order valence-electron chi connectivity index (χ2n) is 2.75. The molecule has 0 unspecified atom stereocenters. The first-order chi connectivity index (χ1) is 6.77. The maximum Gasteiger partial charge on any atom is 0.338 e. The largest absolute Gasteiger partial charge is 0.458 e. The van der Waals surface area contributed by atoms with Gasteiger partial charge < -0.3 is 9.84 Å². The van der Waals surface area contributed by atoms with Crippen molar-refractivity contribution in [3.63, 3.8) is 0 Å². The summed E-state index contributed by atoms with van der Waals surface area (Å²) < 4.78 is 4.84. The first kappa shape index (κ1) is 10.5. The van der Waals surface area contributed by atoms with E-state index in [9.17, 15) is 4.79 Å². The molecule has 1 N–H and O–H groups in total. The van der Waals surface area contributed by atoms with Crippen LogP contribution >= 0.6 is 0 Å². The predicted molar refractivity (Wildman–Crippen MR) is 52.8 cm³/mol. The molecule has 0 spiro atoms. The second-order valence-corrected chi connectivity index (χ2v) is 2.75. The molecule has 3 nitrogen and oxygen atoms in total. The minimum absolute atomic E-state index is 0.0808. The lowest BCUT2D eigenvalue weighted by Crippen LogP contribution is -2.05. The summed E-state index contributed by atoms with van der Waals surface area (Å²) in [6.07, 6.45) is 1.51. The molecule has 0 fully saturated rings. The zero-order valence-electron chi connectivity index (χ0n) is 7.77. The van der Waals surface area contributed by atoms with Crippen molar-refractivity contribution in [3.05, 3.63) is 48.0 Å². The van der Waals surface area contributed by atoms with Crippen LogP contribution in [0, 0.1) is 0 Å². The van der Waals surface area contributed by atoms with Crippen molar-refractivity contribution in [1.29, 1.82) is 0 Å². The van der Waals surface area contributed by atoms with Crippen LogP contribution in [0.4, 0.5) is 0 Å². The Kier molecular flexibility index (Phi) is 3.88. The molecule has 14 heavy (non-hydrogen) atoms. The monoisotopic (exact) mass is 192 g/mol. The third-order valence-electron chi connectivity index (χ3n) is 1.68. The number of esters is 1. The fraction of sp³-hybridized carbons (Fsp3) is 0.182. The number of aliphatic hydroxyl groups excluding tert-OH is 1. The van der Waals surface area contributed by atoms with Gasteiger partial charge in [0.15, 0.2) is 0 Å². The van der Waals surface area contributed by atoms with Crippen LogP contribution in [0.5, 0.6) is 0 Å². The molecule has 74 valence electrons. The van der Waals surface area contributed by atoms with E-state index in [1.54, 1.807) is 24.3 Å². The van der Waals surface area contributed by atoms with Gasteiger partial charge in [0.2, 0.25) is 0 Å². The number of benzene rings is 1. The number of ether oxygens (including phenoxy) is 1. The minimum Gasteiger partial charge on any atom is -0.458 e. The molecule has 0 aliphatic heterocycles. The van der Waals surface area contributed by atoms with Crippen LogP contribution in [-0.4, -0.2) is 17.7 Å². The Morgan fingerprint density at radius 2 is 2.36 bits per heavy atom. The van der Waals surface area contributed by atoms with Crippen molar-refractivity contribution in [2.75, 3.05) is 6.61 Å². The molecule has 0 bridgehead atoms. The summed E-state index contributed by atoms with van der Waals surface area (Å²) in [6.45, 7) is 3.56. The van der Waals surface area contributed by atoms with Gasteiger partial charge in [0.1, 0.15) is 6.61 Å².